The van der Waals surface area contributed by atoms with Gasteiger partial charge in [0.25, 0.3) is 5.91 Å². The summed E-state index contributed by atoms with van der Waals surface area (Å²) in [5, 5.41) is 4.07. The maximum atomic E-state index is 12.0. The third-order valence-corrected chi connectivity index (χ3v) is 2.82. The van der Waals surface area contributed by atoms with Gasteiger partial charge < -0.3 is 15.8 Å². The molecule has 0 radical (unpaired) electrons. The summed E-state index contributed by atoms with van der Waals surface area (Å²) in [6, 6.07) is 10.7. The van der Waals surface area contributed by atoms with Crippen LogP contribution in [0.1, 0.15) is 10.4 Å². The fraction of sp³-hybridized carbons (Fsp3) is 0.143. The van der Waals surface area contributed by atoms with Crippen LogP contribution >= 0.6 is 0 Å². The highest BCUT2D eigenvalue weighted by Gasteiger charge is 2.12. The Hall–Kier alpha value is -2.56. The van der Waals surface area contributed by atoms with Crippen molar-refractivity contribution in [1.82, 2.24) is 5.32 Å². The topological polar surface area (TPSA) is 81.4 Å². The van der Waals surface area contributed by atoms with Gasteiger partial charge in [-0.25, -0.2) is 0 Å². The Labute approximate surface area is 110 Å². The lowest BCUT2D eigenvalue weighted by Crippen LogP contribution is -2.30. The number of carbonyl (C=O) groups is 2. The minimum Gasteiger partial charge on any atom is -0.468 e. The van der Waals surface area contributed by atoms with Crippen LogP contribution in [-0.4, -0.2) is 25.5 Å². The number of carbonyl (C=O) groups excluding carboxylic acids is 2. The van der Waals surface area contributed by atoms with E-state index in [0.717, 1.165) is 10.8 Å². The van der Waals surface area contributed by atoms with Crippen molar-refractivity contribution in [2.45, 2.75) is 0 Å². The molecule has 0 bridgehead atoms. The molecule has 1 amide bonds. The highest BCUT2D eigenvalue weighted by Crippen LogP contribution is 2.24. The molecule has 0 saturated heterocycles. The molecule has 0 aromatic heterocycles. The van der Waals surface area contributed by atoms with Crippen molar-refractivity contribution in [2.75, 3.05) is 19.4 Å². The zero-order valence-corrected chi connectivity index (χ0v) is 10.5. The summed E-state index contributed by atoms with van der Waals surface area (Å²) in [5.41, 5.74) is 6.95. The number of methoxy groups -OCH3 is 1. The van der Waals surface area contributed by atoms with Crippen LogP contribution in [0.5, 0.6) is 0 Å². The van der Waals surface area contributed by atoms with Gasteiger partial charge in [0, 0.05) is 16.6 Å². The molecule has 0 fully saturated rings. The first-order valence-corrected chi connectivity index (χ1v) is 5.75. The number of ether oxygens (including phenoxy) is 1. The van der Waals surface area contributed by atoms with Gasteiger partial charge in [-0.3, -0.25) is 9.59 Å². The number of hydrogen-bond donors (Lipinski definition) is 2. The molecule has 0 aliphatic heterocycles. The number of nitrogen functional groups attached to an aromatic ring is 1. The Morgan fingerprint density at radius 1 is 1.16 bits per heavy atom. The van der Waals surface area contributed by atoms with E-state index in [1.54, 1.807) is 12.1 Å². The minimum absolute atomic E-state index is 0.159. The molecule has 0 aliphatic rings. The van der Waals surface area contributed by atoms with Crippen molar-refractivity contribution in [3.8, 4) is 0 Å². The second kappa shape index (κ2) is 5.39. The van der Waals surface area contributed by atoms with Gasteiger partial charge in [0.1, 0.15) is 6.54 Å². The zero-order chi connectivity index (χ0) is 13.8. The Kier molecular flexibility index (Phi) is 3.66. The molecule has 98 valence electrons. The molecule has 0 aliphatic carbocycles. The number of fused-ring (bicyclic) bond motifs is 1. The number of amides is 1. The summed E-state index contributed by atoms with van der Waals surface area (Å²) in [6.45, 7) is -0.159. The summed E-state index contributed by atoms with van der Waals surface area (Å²) in [5.74, 6) is -0.824. The maximum Gasteiger partial charge on any atom is 0.325 e. The lowest BCUT2D eigenvalue weighted by atomic mass is 10.0. The van der Waals surface area contributed by atoms with Gasteiger partial charge in [-0.1, -0.05) is 24.3 Å². The Bertz CT molecular complexity index is 638. The van der Waals surface area contributed by atoms with Gasteiger partial charge in [-0.05, 0) is 17.5 Å². The van der Waals surface area contributed by atoms with E-state index in [4.69, 9.17) is 5.73 Å². The number of rotatable bonds is 3. The quantitative estimate of drug-likeness (QED) is 0.642. The van der Waals surface area contributed by atoms with Gasteiger partial charge >= 0.3 is 5.97 Å². The van der Waals surface area contributed by atoms with Gasteiger partial charge in [-0.2, -0.15) is 0 Å². The number of hydrogen-bond acceptors (Lipinski definition) is 4. The second-order valence-electron chi connectivity index (χ2n) is 4.01. The lowest BCUT2D eigenvalue weighted by molar-refractivity contribution is -0.139. The Morgan fingerprint density at radius 2 is 1.84 bits per heavy atom. The molecule has 0 heterocycles. The van der Waals surface area contributed by atoms with Gasteiger partial charge in [-0.15, -0.1) is 0 Å². The number of nitrogens with one attached hydrogen (secondary N) is 1. The SMILES string of the molecule is COC(=O)CNC(=O)c1ccc(N)c2ccccc12. The van der Waals surface area contributed by atoms with E-state index in [1.165, 1.54) is 7.11 Å². The molecule has 5 heteroatoms. The Morgan fingerprint density at radius 3 is 2.53 bits per heavy atom. The van der Waals surface area contributed by atoms with Crippen molar-refractivity contribution in [3.05, 3.63) is 42.0 Å². The van der Waals surface area contributed by atoms with E-state index in [2.05, 4.69) is 10.1 Å². The second-order valence-corrected chi connectivity index (χ2v) is 4.01. The van der Waals surface area contributed by atoms with E-state index >= 15 is 0 Å². The first kappa shape index (κ1) is 12.9. The number of anilines is 1. The molecule has 3 N–H and O–H groups in total. The summed E-state index contributed by atoms with van der Waals surface area (Å²) < 4.78 is 4.47. The van der Waals surface area contributed by atoms with Gasteiger partial charge in [0.05, 0.1) is 7.11 Å². The minimum atomic E-state index is -0.492. The predicted octanol–water partition coefficient (Wildman–Crippen LogP) is 1.32. The highest BCUT2D eigenvalue weighted by atomic mass is 16.5. The van der Waals surface area contributed by atoms with E-state index in [-0.39, 0.29) is 12.5 Å². The maximum absolute atomic E-state index is 12.0. The average Bonchev–Trinajstić information content (AvgIpc) is 2.45. The fourth-order valence-electron chi connectivity index (χ4n) is 1.84. The summed E-state index contributed by atoms with van der Waals surface area (Å²) in [6.07, 6.45) is 0. The number of esters is 1. The van der Waals surface area contributed by atoms with Crippen molar-refractivity contribution >= 4 is 28.3 Å². The van der Waals surface area contributed by atoms with E-state index < -0.39 is 5.97 Å². The molecule has 5 nitrogen and oxygen atoms in total. The fourth-order valence-corrected chi connectivity index (χ4v) is 1.84. The normalized spacial score (nSPS) is 10.2. The molecule has 19 heavy (non-hydrogen) atoms. The first-order chi connectivity index (χ1) is 9.13. The third kappa shape index (κ3) is 2.65. The van der Waals surface area contributed by atoms with Crippen LogP contribution in [0.15, 0.2) is 36.4 Å². The van der Waals surface area contributed by atoms with Crippen molar-refractivity contribution < 1.29 is 14.3 Å². The van der Waals surface area contributed by atoms with Crippen LogP contribution < -0.4 is 11.1 Å². The van der Waals surface area contributed by atoms with Crippen molar-refractivity contribution in [2.24, 2.45) is 0 Å². The molecule has 0 unspecified atom stereocenters. The molecule has 2 aromatic carbocycles. The Balaban J connectivity index is 2.32. The molecule has 0 spiro atoms. The smallest absolute Gasteiger partial charge is 0.325 e. The predicted molar refractivity (Wildman–Crippen MR) is 72.7 cm³/mol. The molecule has 2 rings (SSSR count). The summed E-state index contributed by atoms with van der Waals surface area (Å²) >= 11 is 0. The largest absolute Gasteiger partial charge is 0.468 e. The molecule has 2 aromatic rings. The number of benzene rings is 2. The first-order valence-electron chi connectivity index (χ1n) is 5.75. The van der Waals surface area contributed by atoms with Crippen LogP contribution in [0.2, 0.25) is 0 Å². The van der Waals surface area contributed by atoms with Crippen LogP contribution in [0.25, 0.3) is 10.8 Å². The van der Waals surface area contributed by atoms with Crippen molar-refractivity contribution in [1.29, 1.82) is 0 Å². The molecule has 0 atom stereocenters. The van der Waals surface area contributed by atoms with Crippen LogP contribution in [0.3, 0.4) is 0 Å². The monoisotopic (exact) mass is 258 g/mol. The number of nitrogens with two attached hydrogens (primary N) is 1. The molecular weight excluding hydrogens is 244 g/mol. The van der Waals surface area contributed by atoms with Crippen LogP contribution in [0, 0.1) is 0 Å². The average molecular weight is 258 g/mol. The third-order valence-electron chi connectivity index (χ3n) is 2.82. The van der Waals surface area contributed by atoms with Gasteiger partial charge in [0.2, 0.25) is 0 Å². The van der Waals surface area contributed by atoms with Gasteiger partial charge in [0.15, 0.2) is 0 Å². The molecule has 0 saturated carbocycles. The summed E-state index contributed by atoms with van der Waals surface area (Å²) in [4.78, 5) is 23.0. The van der Waals surface area contributed by atoms with E-state index in [1.807, 2.05) is 24.3 Å². The zero-order valence-electron chi connectivity index (χ0n) is 10.5. The van der Waals surface area contributed by atoms with E-state index in [9.17, 15) is 9.59 Å². The molecular formula is C14H14N2O3. The lowest BCUT2D eigenvalue weighted by Gasteiger charge is -2.09. The summed E-state index contributed by atoms with van der Waals surface area (Å²) in [7, 11) is 1.27. The van der Waals surface area contributed by atoms with Crippen LogP contribution in [0.4, 0.5) is 5.69 Å². The highest BCUT2D eigenvalue weighted by molar-refractivity contribution is 6.10. The standard InChI is InChI=1S/C14H14N2O3/c1-19-13(17)8-16-14(18)11-6-7-12(15)10-5-3-2-4-9(10)11/h2-7H,8,15H2,1H3,(H,16,18). The van der Waals surface area contributed by atoms with E-state index in [0.29, 0.717) is 11.3 Å². The van der Waals surface area contributed by atoms with Crippen LogP contribution in [-0.2, 0) is 9.53 Å². The van der Waals surface area contributed by atoms with Crippen molar-refractivity contribution in [3.63, 3.8) is 0 Å².